The molecule has 2 aromatic heterocycles. The van der Waals surface area contributed by atoms with E-state index in [1.54, 1.807) is 0 Å². The van der Waals surface area contributed by atoms with Gasteiger partial charge in [0.05, 0.1) is 0 Å². The molecule has 0 aliphatic rings. The van der Waals surface area contributed by atoms with Gasteiger partial charge in [-0.15, -0.1) is 10.2 Å². The summed E-state index contributed by atoms with van der Waals surface area (Å²) in [6, 6.07) is 0.707. The van der Waals surface area contributed by atoms with Gasteiger partial charge in [-0.25, -0.2) is 14.6 Å². The highest BCUT2D eigenvalue weighted by Gasteiger charge is 2.39. The van der Waals surface area contributed by atoms with E-state index in [1.165, 1.54) is 19.0 Å². The van der Waals surface area contributed by atoms with E-state index < -0.39 is 34.2 Å². The zero-order chi connectivity index (χ0) is 18.3. The Hall–Kier alpha value is -2.25. The summed E-state index contributed by atoms with van der Waals surface area (Å²) in [6.45, 7) is 0. The lowest BCUT2D eigenvalue weighted by molar-refractivity contribution is -0.146. The van der Waals surface area contributed by atoms with Crippen LogP contribution in [-0.4, -0.2) is 38.9 Å². The first kappa shape index (κ1) is 18.1. The molecule has 0 aliphatic heterocycles. The molecule has 0 atom stereocenters. The molecule has 0 saturated heterocycles. The molecule has 0 spiro atoms. The number of anilines is 1. The Kier molecular flexibility index (Phi) is 4.52. The molecule has 2 aromatic rings. The van der Waals surface area contributed by atoms with Crippen molar-refractivity contribution in [2.24, 2.45) is 0 Å². The number of nitrogens with two attached hydrogens (primary N) is 1. The molecule has 2 N–H and O–H groups in total. The number of rotatable bonds is 3. The van der Waals surface area contributed by atoms with Crippen molar-refractivity contribution in [3.05, 3.63) is 17.6 Å². The topological polar surface area (TPSA) is 85.8 Å². The second kappa shape index (κ2) is 5.99. The quantitative estimate of drug-likeness (QED) is 0.501. The van der Waals surface area contributed by atoms with Crippen molar-refractivity contribution in [2.75, 3.05) is 24.8 Å². The number of hydrogen-bond donors (Lipinski definition) is 1. The maximum Gasteiger partial charge on any atom is 0.453 e. The number of halogens is 6. The molecule has 7 nitrogen and oxygen atoms in total. The standard InChI is InChI=1S/C10H9F6N7S/c1-22(2)5-3-4(9(11,12)13)18-7(19-5)24-8-21-20-6(23(8)17)10(14,15)16/h3H,17H2,1-2H3. The van der Waals surface area contributed by atoms with Crippen molar-refractivity contribution in [1.29, 1.82) is 0 Å². The molecular weight excluding hydrogens is 364 g/mol. The van der Waals surface area contributed by atoms with E-state index in [0.29, 0.717) is 17.8 Å². The fourth-order valence-electron chi connectivity index (χ4n) is 1.45. The van der Waals surface area contributed by atoms with Crippen LogP contribution in [0.1, 0.15) is 11.5 Å². The molecule has 0 unspecified atom stereocenters. The van der Waals surface area contributed by atoms with Crippen LogP contribution in [0, 0.1) is 0 Å². The van der Waals surface area contributed by atoms with Crippen molar-refractivity contribution in [2.45, 2.75) is 22.7 Å². The monoisotopic (exact) mass is 373 g/mol. The van der Waals surface area contributed by atoms with Crippen LogP contribution in [-0.2, 0) is 12.4 Å². The molecule has 2 heterocycles. The third kappa shape index (κ3) is 3.80. The van der Waals surface area contributed by atoms with E-state index in [9.17, 15) is 26.3 Å². The lowest BCUT2D eigenvalue weighted by Gasteiger charge is -2.15. The third-order valence-electron chi connectivity index (χ3n) is 2.54. The third-order valence-corrected chi connectivity index (χ3v) is 3.37. The Bertz CT molecular complexity index is 738. The molecule has 0 radical (unpaired) electrons. The van der Waals surface area contributed by atoms with Crippen molar-refractivity contribution in [3.8, 4) is 0 Å². The first-order valence-electron chi connectivity index (χ1n) is 5.98. The van der Waals surface area contributed by atoms with Crippen LogP contribution < -0.4 is 10.7 Å². The van der Waals surface area contributed by atoms with Crippen LogP contribution >= 0.6 is 11.8 Å². The van der Waals surface area contributed by atoms with Crippen molar-refractivity contribution in [3.63, 3.8) is 0 Å². The van der Waals surface area contributed by atoms with Crippen LogP contribution in [0.3, 0.4) is 0 Å². The van der Waals surface area contributed by atoms with Crippen molar-refractivity contribution >= 4 is 17.6 Å². The van der Waals surface area contributed by atoms with Gasteiger partial charge in [-0.1, -0.05) is 0 Å². The summed E-state index contributed by atoms with van der Waals surface area (Å²) in [6.07, 6.45) is -9.61. The Morgan fingerprint density at radius 1 is 1.04 bits per heavy atom. The highest BCUT2D eigenvalue weighted by atomic mass is 32.2. The van der Waals surface area contributed by atoms with Crippen molar-refractivity contribution < 1.29 is 26.3 Å². The number of alkyl halides is 6. The smallest absolute Gasteiger partial charge is 0.363 e. The Labute approximate surface area is 134 Å². The minimum absolute atomic E-state index is 0.0843. The number of aromatic nitrogens is 5. The zero-order valence-corrected chi connectivity index (χ0v) is 12.8. The first-order chi connectivity index (χ1) is 10.9. The van der Waals surface area contributed by atoms with Gasteiger partial charge >= 0.3 is 12.4 Å². The molecule has 0 aliphatic carbocycles. The summed E-state index contributed by atoms with van der Waals surface area (Å²) in [5.74, 6) is 3.64. The van der Waals surface area contributed by atoms with E-state index in [-0.39, 0.29) is 10.5 Å². The Morgan fingerprint density at radius 2 is 1.67 bits per heavy atom. The van der Waals surface area contributed by atoms with Gasteiger partial charge < -0.3 is 10.7 Å². The van der Waals surface area contributed by atoms with Gasteiger partial charge in [-0.05, 0) is 11.8 Å². The fraction of sp³-hybridized carbons (Fsp3) is 0.400. The highest BCUT2D eigenvalue weighted by Crippen LogP contribution is 2.34. The summed E-state index contributed by atoms with van der Waals surface area (Å²) in [5, 5.41) is 5.09. The largest absolute Gasteiger partial charge is 0.453 e. The van der Waals surface area contributed by atoms with E-state index in [1.807, 2.05) is 0 Å². The molecule has 14 heteroatoms. The van der Waals surface area contributed by atoms with Gasteiger partial charge in [0.1, 0.15) is 5.82 Å². The predicted molar refractivity (Wildman–Crippen MR) is 70.7 cm³/mol. The van der Waals surface area contributed by atoms with E-state index in [2.05, 4.69) is 20.2 Å². The number of nitrogens with zero attached hydrogens (tertiary/aromatic N) is 6. The van der Waals surface area contributed by atoms with E-state index >= 15 is 0 Å². The second-order valence-electron chi connectivity index (χ2n) is 4.56. The summed E-state index contributed by atoms with van der Waals surface area (Å²) in [7, 11) is 2.90. The van der Waals surface area contributed by atoms with Crippen LogP contribution in [0.15, 0.2) is 16.4 Å². The van der Waals surface area contributed by atoms with Gasteiger partial charge in [-0.3, -0.25) is 0 Å². The molecule has 0 saturated carbocycles. The van der Waals surface area contributed by atoms with Crippen LogP contribution in [0.25, 0.3) is 0 Å². The van der Waals surface area contributed by atoms with Gasteiger partial charge in [0, 0.05) is 20.2 Å². The molecule has 0 amide bonds. The predicted octanol–water partition coefficient (Wildman–Crippen LogP) is 2.04. The molecule has 0 fully saturated rings. The molecule has 24 heavy (non-hydrogen) atoms. The number of hydrogen-bond acceptors (Lipinski definition) is 7. The lowest BCUT2D eigenvalue weighted by Crippen LogP contribution is -2.21. The average Bonchev–Trinajstić information content (AvgIpc) is 2.78. The average molecular weight is 373 g/mol. The van der Waals surface area contributed by atoms with E-state index in [4.69, 9.17) is 5.84 Å². The van der Waals surface area contributed by atoms with Crippen LogP contribution in [0.5, 0.6) is 0 Å². The summed E-state index contributed by atoms with van der Waals surface area (Å²) < 4.78 is 76.5. The fourth-order valence-corrected chi connectivity index (χ4v) is 2.17. The SMILES string of the molecule is CN(C)c1cc(C(F)(F)F)nc(Sc2nnc(C(F)(F)F)n2N)n1. The van der Waals surface area contributed by atoms with Gasteiger partial charge in [-0.2, -0.15) is 26.3 Å². The van der Waals surface area contributed by atoms with Crippen molar-refractivity contribution in [1.82, 2.24) is 24.8 Å². The molecular formula is C10H9F6N7S. The second-order valence-corrected chi connectivity index (χ2v) is 5.50. The summed E-state index contributed by atoms with van der Waals surface area (Å²) in [4.78, 5) is 8.38. The molecule has 2 rings (SSSR count). The zero-order valence-electron chi connectivity index (χ0n) is 12.0. The van der Waals surface area contributed by atoms with Gasteiger partial charge in [0.2, 0.25) is 5.16 Å². The summed E-state index contributed by atoms with van der Waals surface area (Å²) >= 11 is 0.328. The van der Waals surface area contributed by atoms with E-state index in [0.717, 1.165) is 0 Å². The Morgan fingerprint density at radius 3 is 2.12 bits per heavy atom. The first-order valence-corrected chi connectivity index (χ1v) is 6.80. The van der Waals surface area contributed by atoms with Gasteiger partial charge in [0.15, 0.2) is 10.9 Å². The Balaban J connectivity index is 2.43. The minimum atomic E-state index is -4.86. The molecule has 132 valence electrons. The van der Waals surface area contributed by atoms with Crippen LogP contribution in [0.4, 0.5) is 32.2 Å². The van der Waals surface area contributed by atoms with Gasteiger partial charge in [0.25, 0.3) is 5.82 Å². The number of nitrogen functional groups attached to an aromatic ring is 1. The minimum Gasteiger partial charge on any atom is -0.363 e. The van der Waals surface area contributed by atoms with Crippen LogP contribution in [0.2, 0.25) is 0 Å². The molecule has 0 bridgehead atoms. The maximum absolute atomic E-state index is 12.9. The normalized spacial score (nSPS) is 12.5. The summed E-state index contributed by atoms with van der Waals surface area (Å²) in [5.41, 5.74) is -1.25. The lowest BCUT2D eigenvalue weighted by atomic mass is 10.4. The molecule has 0 aromatic carbocycles. The highest BCUT2D eigenvalue weighted by molar-refractivity contribution is 7.99. The maximum atomic E-state index is 12.9.